The molecule has 3 rings (SSSR count). The monoisotopic (exact) mass is 377 g/mol. The first-order valence-electron chi connectivity index (χ1n) is 7.54. The number of halogens is 4. The van der Waals surface area contributed by atoms with E-state index < -0.39 is 34.7 Å². The molecular formula is C17H11F4N5O. The zero-order valence-corrected chi connectivity index (χ0v) is 13.5. The van der Waals surface area contributed by atoms with E-state index in [2.05, 4.69) is 20.6 Å². The fourth-order valence-corrected chi connectivity index (χ4v) is 2.19. The molecule has 0 saturated carbocycles. The molecule has 0 saturated heterocycles. The summed E-state index contributed by atoms with van der Waals surface area (Å²) in [6.45, 7) is -0.0305. The van der Waals surface area contributed by atoms with Crippen LogP contribution in [0.4, 0.5) is 17.6 Å². The summed E-state index contributed by atoms with van der Waals surface area (Å²) >= 11 is 0. The lowest BCUT2D eigenvalue weighted by atomic mass is 10.1. The maximum absolute atomic E-state index is 13.7. The molecule has 1 aromatic heterocycles. The van der Waals surface area contributed by atoms with E-state index in [0.717, 1.165) is 24.3 Å². The molecule has 1 amide bonds. The highest BCUT2D eigenvalue weighted by atomic mass is 19.2. The van der Waals surface area contributed by atoms with Gasteiger partial charge in [-0.15, -0.1) is 0 Å². The van der Waals surface area contributed by atoms with Crippen LogP contribution in [-0.2, 0) is 6.54 Å². The molecule has 2 aromatic carbocycles. The number of hydrogen-bond donors (Lipinski definition) is 1. The van der Waals surface area contributed by atoms with Gasteiger partial charge in [-0.2, -0.15) is 10.2 Å². The normalized spacial score (nSPS) is 11.5. The number of benzene rings is 2. The number of amides is 1. The van der Waals surface area contributed by atoms with Crippen molar-refractivity contribution in [3.8, 4) is 0 Å². The van der Waals surface area contributed by atoms with Gasteiger partial charge in [0.2, 0.25) is 0 Å². The van der Waals surface area contributed by atoms with Crippen LogP contribution < -0.4 is 5.43 Å². The second kappa shape index (κ2) is 7.77. The molecule has 0 atom stereocenters. The van der Waals surface area contributed by atoms with Crippen molar-refractivity contribution in [3.63, 3.8) is 0 Å². The van der Waals surface area contributed by atoms with Crippen molar-refractivity contribution in [2.75, 3.05) is 0 Å². The maximum Gasteiger partial charge on any atom is 0.274 e. The number of carbonyl (C=O) groups excluding carboxylic acids is 1. The molecule has 0 bridgehead atoms. The minimum atomic E-state index is -1.10. The molecule has 0 aliphatic rings. The topological polar surface area (TPSA) is 72.2 Å². The van der Waals surface area contributed by atoms with E-state index in [4.69, 9.17) is 0 Å². The van der Waals surface area contributed by atoms with Crippen LogP contribution in [0.25, 0.3) is 0 Å². The maximum atomic E-state index is 13.7. The molecule has 0 radical (unpaired) electrons. The Morgan fingerprint density at radius 1 is 1.04 bits per heavy atom. The third-order valence-corrected chi connectivity index (χ3v) is 3.50. The molecule has 3 aromatic rings. The standard InChI is InChI=1S/C17H11F4N5O/c18-11-2-3-12(14(20)6-11)17(27)25-24-16(7-26-9-22-8-23-26)10-1-4-13(19)15(21)5-10/h1-6,8-9H,7H2,(H,25,27). The lowest BCUT2D eigenvalue weighted by Gasteiger charge is -2.09. The number of nitrogens with zero attached hydrogens (tertiary/aromatic N) is 4. The smallest absolute Gasteiger partial charge is 0.267 e. The second-order valence-electron chi connectivity index (χ2n) is 5.35. The Morgan fingerprint density at radius 3 is 2.52 bits per heavy atom. The van der Waals surface area contributed by atoms with Gasteiger partial charge in [0.25, 0.3) is 5.91 Å². The summed E-state index contributed by atoms with van der Waals surface area (Å²) in [5, 5.41) is 7.73. The van der Waals surface area contributed by atoms with Crippen LogP contribution in [0.3, 0.4) is 0 Å². The zero-order chi connectivity index (χ0) is 19.4. The minimum absolute atomic E-state index is 0.0305. The Morgan fingerprint density at radius 2 is 1.85 bits per heavy atom. The van der Waals surface area contributed by atoms with E-state index in [9.17, 15) is 22.4 Å². The number of hydrazone groups is 1. The molecule has 1 N–H and O–H groups in total. The predicted molar refractivity (Wildman–Crippen MR) is 86.7 cm³/mol. The zero-order valence-electron chi connectivity index (χ0n) is 13.5. The van der Waals surface area contributed by atoms with Gasteiger partial charge in [0.15, 0.2) is 11.6 Å². The Bertz CT molecular complexity index is 1000. The molecule has 0 aliphatic heterocycles. The summed E-state index contributed by atoms with van der Waals surface area (Å²) in [4.78, 5) is 15.8. The van der Waals surface area contributed by atoms with Crippen LogP contribution in [0.2, 0.25) is 0 Å². The highest BCUT2D eigenvalue weighted by Gasteiger charge is 2.14. The fraction of sp³-hybridized carbons (Fsp3) is 0.0588. The summed E-state index contributed by atoms with van der Waals surface area (Å²) in [7, 11) is 0. The molecule has 10 heteroatoms. The first kappa shape index (κ1) is 18.2. The van der Waals surface area contributed by atoms with Gasteiger partial charge in [0.05, 0.1) is 17.8 Å². The van der Waals surface area contributed by atoms with E-state index in [0.29, 0.717) is 6.07 Å². The number of nitrogens with one attached hydrogen (secondary N) is 1. The molecule has 6 nitrogen and oxygen atoms in total. The molecule has 138 valence electrons. The van der Waals surface area contributed by atoms with Crippen molar-refractivity contribution in [2.24, 2.45) is 5.10 Å². The Labute approximate surface area is 150 Å². The molecule has 1 heterocycles. The van der Waals surface area contributed by atoms with Gasteiger partial charge in [-0.1, -0.05) is 0 Å². The van der Waals surface area contributed by atoms with Crippen LogP contribution in [0, 0.1) is 23.3 Å². The molecule has 0 unspecified atom stereocenters. The van der Waals surface area contributed by atoms with Gasteiger partial charge in [0.1, 0.15) is 24.3 Å². The average molecular weight is 377 g/mol. The fourth-order valence-electron chi connectivity index (χ4n) is 2.19. The summed E-state index contributed by atoms with van der Waals surface area (Å²) in [5.41, 5.74) is 1.97. The molecule has 27 heavy (non-hydrogen) atoms. The highest BCUT2D eigenvalue weighted by molar-refractivity contribution is 6.02. The van der Waals surface area contributed by atoms with E-state index in [1.54, 1.807) is 0 Å². The summed E-state index contributed by atoms with van der Waals surface area (Å²) < 4.78 is 54.7. The van der Waals surface area contributed by atoms with E-state index >= 15 is 0 Å². The molecular weight excluding hydrogens is 366 g/mol. The largest absolute Gasteiger partial charge is 0.274 e. The van der Waals surface area contributed by atoms with E-state index in [-0.39, 0.29) is 17.8 Å². The predicted octanol–water partition coefficient (Wildman–Crippen LogP) is 2.67. The first-order valence-corrected chi connectivity index (χ1v) is 7.54. The number of hydrogen-bond acceptors (Lipinski definition) is 4. The highest BCUT2D eigenvalue weighted by Crippen LogP contribution is 2.12. The summed E-state index contributed by atoms with van der Waals surface area (Å²) in [5.74, 6) is -4.98. The second-order valence-corrected chi connectivity index (χ2v) is 5.35. The van der Waals surface area contributed by atoms with Crippen molar-refractivity contribution in [2.45, 2.75) is 6.54 Å². The number of aromatic nitrogens is 3. The Balaban J connectivity index is 1.89. The first-order chi connectivity index (χ1) is 12.9. The molecule has 0 spiro atoms. The molecule has 0 fully saturated rings. The van der Waals surface area contributed by atoms with Crippen LogP contribution in [-0.4, -0.2) is 26.4 Å². The van der Waals surface area contributed by atoms with Crippen LogP contribution in [0.5, 0.6) is 0 Å². The summed E-state index contributed by atoms with van der Waals surface area (Å²) in [6, 6.07) is 5.51. The third-order valence-electron chi connectivity index (χ3n) is 3.50. The van der Waals surface area contributed by atoms with Gasteiger partial charge < -0.3 is 0 Å². The number of rotatable bonds is 5. The van der Waals surface area contributed by atoms with E-state index in [1.807, 2.05) is 0 Å². The van der Waals surface area contributed by atoms with Crippen molar-refractivity contribution < 1.29 is 22.4 Å². The van der Waals surface area contributed by atoms with Gasteiger partial charge in [-0.3, -0.25) is 4.79 Å². The molecule has 0 aliphatic carbocycles. The minimum Gasteiger partial charge on any atom is -0.267 e. The lowest BCUT2D eigenvalue weighted by Crippen LogP contribution is -2.23. The van der Waals surface area contributed by atoms with Gasteiger partial charge in [-0.05, 0) is 30.3 Å². The average Bonchev–Trinajstić information content (AvgIpc) is 3.14. The van der Waals surface area contributed by atoms with E-state index in [1.165, 1.54) is 23.4 Å². The van der Waals surface area contributed by atoms with Gasteiger partial charge in [0, 0.05) is 11.6 Å². The third kappa shape index (κ3) is 4.35. The lowest BCUT2D eigenvalue weighted by molar-refractivity contribution is 0.0950. The van der Waals surface area contributed by atoms with Crippen molar-refractivity contribution >= 4 is 11.6 Å². The van der Waals surface area contributed by atoms with Gasteiger partial charge >= 0.3 is 0 Å². The van der Waals surface area contributed by atoms with Crippen LogP contribution in [0.1, 0.15) is 15.9 Å². The quantitative estimate of drug-likeness (QED) is 0.422. The summed E-state index contributed by atoms with van der Waals surface area (Å²) in [6.07, 6.45) is 2.62. The van der Waals surface area contributed by atoms with Crippen molar-refractivity contribution in [1.82, 2.24) is 20.2 Å². The van der Waals surface area contributed by atoms with Crippen LogP contribution in [0.15, 0.2) is 54.2 Å². The van der Waals surface area contributed by atoms with Crippen molar-refractivity contribution in [3.05, 3.63) is 83.4 Å². The Kier molecular flexibility index (Phi) is 5.25. The van der Waals surface area contributed by atoms with Crippen molar-refractivity contribution in [1.29, 1.82) is 0 Å². The SMILES string of the molecule is O=C(NN=C(Cn1cncn1)c1ccc(F)c(F)c1)c1ccc(F)cc1F. The number of carbonyl (C=O) groups is 1. The Hall–Kier alpha value is -3.56. The van der Waals surface area contributed by atoms with Crippen LogP contribution >= 0.6 is 0 Å². The van der Waals surface area contributed by atoms with Gasteiger partial charge in [-0.25, -0.2) is 32.7 Å².